The topological polar surface area (TPSA) is 0 Å². The molecule has 0 saturated heterocycles. The van der Waals surface area contributed by atoms with Gasteiger partial charge in [0.2, 0.25) is 0 Å². The Hall–Kier alpha value is -0.490. The Morgan fingerprint density at radius 1 is 1.00 bits per heavy atom. The van der Waals surface area contributed by atoms with Crippen LogP contribution in [0.15, 0.2) is 24.3 Å². The highest BCUT2D eigenvalue weighted by Crippen LogP contribution is 2.07. The van der Waals surface area contributed by atoms with E-state index in [0.717, 1.165) is 5.02 Å². The van der Waals surface area contributed by atoms with Crippen LogP contribution in [0.25, 0.3) is 0 Å². The highest BCUT2D eigenvalue weighted by molar-refractivity contribution is 6.30. The van der Waals surface area contributed by atoms with Crippen LogP contribution < -0.4 is 0 Å². The van der Waals surface area contributed by atoms with Crippen LogP contribution in [-0.4, -0.2) is 0 Å². The van der Waals surface area contributed by atoms with E-state index in [4.69, 9.17) is 11.6 Å². The maximum Gasteiger partial charge on any atom is 0.0406 e. The Balaban J connectivity index is 0. The van der Waals surface area contributed by atoms with Crippen molar-refractivity contribution in [2.24, 2.45) is 0 Å². The molecule has 0 amide bonds. The minimum Gasteiger partial charge on any atom is -0.0843 e. The van der Waals surface area contributed by atoms with Crippen molar-refractivity contribution in [2.45, 2.75) is 28.2 Å². The van der Waals surface area contributed by atoms with Gasteiger partial charge >= 0.3 is 0 Å². The van der Waals surface area contributed by atoms with Gasteiger partial charge in [-0.2, -0.15) is 0 Å². The predicted octanol–water partition coefficient (Wildman–Crippen LogP) is 4.31. The molecule has 1 aromatic rings. The van der Waals surface area contributed by atoms with Gasteiger partial charge < -0.3 is 0 Å². The molecule has 0 aliphatic carbocycles. The van der Waals surface area contributed by atoms with Gasteiger partial charge in [0.1, 0.15) is 0 Å². The minimum atomic E-state index is 0. The van der Waals surface area contributed by atoms with Gasteiger partial charge in [-0.15, -0.1) is 0 Å². The molecule has 0 N–H and O–H groups in total. The van der Waals surface area contributed by atoms with Crippen molar-refractivity contribution in [2.75, 3.05) is 0 Å². The van der Waals surface area contributed by atoms with Crippen molar-refractivity contribution in [3.8, 4) is 0 Å². The third-order valence-electron chi connectivity index (χ3n) is 1.01. The molecule has 0 saturated carbocycles. The maximum absolute atomic E-state index is 5.61. The van der Waals surface area contributed by atoms with Crippen LogP contribution in [0, 0.1) is 6.92 Å². The Labute approximate surface area is 75.2 Å². The zero-order valence-corrected chi connectivity index (χ0v) is 7.44. The first-order chi connectivity index (χ1) is 4.79. The Bertz CT molecular complexity index is 144. The van der Waals surface area contributed by atoms with Crippen LogP contribution in [0.2, 0.25) is 5.02 Å². The maximum atomic E-state index is 5.61. The number of benzene rings is 1. The van der Waals surface area contributed by atoms with Crippen LogP contribution in [0.3, 0.4) is 0 Å². The number of hydrogen-bond donors (Lipinski definition) is 0. The molecule has 0 heterocycles. The summed E-state index contributed by atoms with van der Waals surface area (Å²) in [5.74, 6) is 0. The first-order valence-corrected chi connectivity index (χ1v) is 3.89. The molecule has 0 fully saturated rings. The number of aryl methyl sites for hydroxylation is 1. The molecule has 0 unspecified atom stereocenters. The van der Waals surface area contributed by atoms with Gasteiger partial charge in [-0.25, -0.2) is 0 Å². The number of halogens is 1. The van der Waals surface area contributed by atoms with Crippen molar-refractivity contribution >= 4 is 11.6 Å². The van der Waals surface area contributed by atoms with Gasteiger partial charge in [-0.3, -0.25) is 0 Å². The van der Waals surface area contributed by atoms with Crippen molar-refractivity contribution in [3.05, 3.63) is 34.9 Å². The summed E-state index contributed by atoms with van der Waals surface area (Å²) in [5.41, 5.74) is 1.24. The first kappa shape index (κ1) is 13.1. The summed E-state index contributed by atoms with van der Waals surface area (Å²) in [4.78, 5) is 0. The molecule has 1 heteroatoms. The van der Waals surface area contributed by atoms with Crippen LogP contribution in [0.4, 0.5) is 0 Å². The van der Waals surface area contributed by atoms with Crippen molar-refractivity contribution < 1.29 is 0 Å². The lowest BCUT2D eigenvalue weighted by Crippen LogP contribution is -1.66. The summed E-state index contributed by atoms with van der Waals surface area (Å²) in [6.07, 6.45) is 0. The lowest BCUT2D eigenvalue weighted by molar-refractivity contribution is 1.48. The third kappa shape index (κ3) is 5.93. The molecule has 64 valence electrons. The minimum absolute atomic E-state index is 0. The molecular formula is C10H17Cl. The summed E-state index contributed by atoms with van der Waals surface area (Å²) >= 11 is 5.61. The van der Waals surface area contributed by atoms with Gasteiger partial charge in [0, 0.05) is 5.02 Å². The highest BCUT2D eigenvalue weighted by atomic mass is 35.5. The largest absolute Gasteiger partial charge is 0.0843 e. The standard InChI is InChI=1S/C7H7Cl.C2H6.CH4/c1-6-2-4-7(8)5-3-6;1-2;/h2-5H,1H3;1-2H3;1H4. The van der Waals surface area contributed by atoms with Gasteiger partial charge in [-0.05, 0) is 19.1 Å². The van der Waals surface area contributed by atoms with Crippen LogP contribution in [-0.2, 0) is 0 Å². The van der Waals surface area contributed by atoms with Crippen molar-refractivity contribution in [3.63, 3.8) is 0 Å². The second-order valence-corrected chi connectivity index (χ2v) is 2.23. The quantitative estimate of drug-likeness (QED) is 0.547. The normalized spacial score (nSPS) is 7.27. The molecule has 0 atom stereocenters. The third-order valence-corrected chi connectivity index (χ3v) is 1.26. The van der Waals surface area contributed by atoms with E-state index in [1.807, 2.05) is 45.0 Å². The van der Waals surface area contributed by atoms with Crippen LogP contribution >= 0.6 is 11.6 Å². The fourth-order valence-corrected chi connectivity index (χ4v) is 0.659. The summed E-state index contributed by atoms with van der Waals surface area (Å²) in [7, 11) is 0. The zero-order valence-electron chi connectivity index (χ0n) is 6.69. The summed E-state index contributed by atoms with van der Waals surface area (Å²) in [5, 5.41) is 0.801. The average molecular weight is 173 g/mol. The molecule has 0 radical (unpaired) electrons. The van der Waals surface area contributed by atoms with Crippen molar-refractivity contribution in [1.29, 1.82) is 0 Å². The number of rotatable bonds is 0. The summed E-state index contributed by atoms with van der Waals surface area (Å²) < 4.78 is 0. The number of hydrogen-bond acceptors (Lipinski definition) is 0. The van der Waals surface area contributed by atoms with E-state index in [9.17, 15) is 0 Å². The Morgan fingerprint density at radius 2 is 1.36 bits per heavy atom. The monoisotopic (exact) mass is 172 g/mol. The fraction of sp³-hybridized carbons (Fsp3) is 0.400. The van der Waals surface area contributed by atoms with E-state index >= 15 is 0 Å². The molecule has 0 spiro atoms. The fourth-order valence-electron chi connectivity index (χ4n) is 0.533. The molecule has 0 aromatic heterocycles. The lowest BCUT2D eigenvalue weighted by atomic mass is 10.2. The Morgan fingerprint density at radius 3 is 1.64 bits per heavy atom. The van der Waals surface area contributed by atoms with Gasteiger partial charge in [0.25, 0.3) is 0 Å². The molecule has 0 aliphatic rings. The summed E-state index contributed by atoms with van der Waals surface area (Å²) in [6, 6.07) is 7.75. The molecule has 1 aromatic carbocycles. The molecule has 1 rings (SSSR count). The smallest absolute Gasteiger partial charge is 0.0406 e. The lowest BCUT2D eigenvalue weighted by Gasteiger charge is -1.88. The van der Waals surface area contributed by atoms with Gasteiger partial charge in [0.05, 0.1) is 0 Å². The van der Waals surface area contributed by atoms with Gasteiger partial charge in [-0.1, -0.05) is 50.6 Å². The predicted molar refractivity (Wildman–Crippen MR) is 54.3 cm³/mol. The summed E-state index contributed by atoms with van der Waals surface area (Å²) in [6.45, 7) is 6.04. The Kier molecular flexibility index (Phi) is 9.09. The van der Waals surface area contributed by atoms with E-state index < -0.39 is 0 Å². The second kappa shape index (κ2) is 7.62. The van der Waals surface area contributed by atoms with E-state index in [0.29, 0.717) is 0 Å². The molecule has 11 heavy (non-hydrogen) atoms. The van der Waals surface area contributed by atoms with Crippen molar-refractivity contribution in [1.82, 2.24) is 0 Å². The van der Waals surface area contributed by atoms with Crippen LogP contribution in [0.5, 0.6) is 0 Å². The van der Waals surface area contributed by atoms with Gasteiger partial charge in [0.15, 0.2) is 0 Å². The van der Waals surface area contributed by atoms with E-state index in [2.05, 4.69) is 0 Å². The first-order valence-electron chi connectivity index (χ1n) is 3.51. The molecule has 0 nitrogen and oxygen atoms in total. The van der Waals surface area contributed by atoms with E-state index in [-0.39, 0.29) is 7.43 Å². The average Bonchev–Trinajstić information content (AvgIpc) is 2.00. The highest BCUT2D eigenvalue weighted by Gasteiger charge is 1.81. The zero-order chi connectivity index (χ0) is 7.98. The SMILES string of the molecule is C.CC.Cc1ccc(Cl)cc1. The second-order valence-electron chi connectivity index (χ2n) is 1.80. The molecule has 0 bridgehead atoms. The van der Waals surface area contributed by atoms with E-state index in [1.165, 1.54) is 5.56 Å². The molecular weight excluding hydrogens is 156 g/mol. The van der Waals surface area contributed by atoms with Crippen LogP contribution in [0.1, 0.15) is 26.8 Å². The van der Waals surface area contributed by atoms with E-state index in [1.54, 1.807) is 0 Å². The molecule has 0 aliphatic heterocycles.